The van der Waals surface area contributed by atoms with E-state index in [1.807, 2.05) is 32.0 Å². The summed E-state index contributed by atoms with van der Waals surface area (Å²) in [5, 5.41) is -0.0681. The molecule has 29 heavy (non-hydrogen) atoms. The van der Waals surface area contributed by atoms with Crippen molar-refractivity contribution in [3.8, 4) is 5.69 Å². The highest BCUT2D eigenvalue weighted by Gasteiger charge is 2.26. The molecule has 0 aliphatic rings. The van der Waals surface area contributed by atoms with Gasteiger partial charge < -0.3 is 10.5 Å². The molecular weight excluding hydrogens is 395 g/mol. The zero-order valence-corrected chi connectivity index (χ0v) is 16.6. The van der Waals surface area contributed by atoms with E-state index in [0.717, 1.165) is 0 Å². The third kappa shape index (κ3) is 3.38. The number of carbonyl (C=O) groups is 1. The fourth-order valence-electron chi connectivity index (χ4n) is 3.06. The van der Waals surface area contributed by atoms with Crippen molar-refractivity contribution in [2.24, 2.45) is 5.92 Å². The van der Waals surface area contributed by atoms with E-state index in [2.05, 4.69) is 9.97 Å². The molecule has 148 valence electrons. The van der Waals surface area contributed by atoms with Crippen LogP contribution in [-0.4, -0.2) is 27.1 Å². The molecule has 0 spiro atoms. The minimum absolute atomic E-state index is 0.0681. The first-order valence-corrected chi connectivity index (χ1v) is 9.44. The maximum absolute atomic E-state index is 13.7. The molecule has 0 atom stereocenters. The van der Waals surface area contributed by atoms with Crippen LogP contribution in [0.2, 0.25) is 5.02 Å². The van der Waals surface area contributed by atoms with Crippen molar-refractivity contribution >= 4 is 45.6 Å². The van der Waals surface area contributed by atoms with Gasteiger partial charge in [0.15, 0.2) is 5.65 Å². The van der Waals surface area contributed by atoms with Crippen molar-refractivity contribution in [3.63, 3.8) is 0 Å². The third-order valence-electron chi connectivity index (χ3n) is 4.41. The predicted octanol–water partition coefficient (Wildman–Crippen LogP) is 4.76. The Bertz CT molecular complexity index is 1250. The Labute approximate surface area is 171 Å². The van der Waals surface area contributed by atoms with Gasteiger partial charge in [-0.25, -0.2) is 19.2 Å². The number of fused-ring (bicyclic) bond motifs is 2. The average Bonchev–Trinajstić information content (AvgIpc) is 2.97. The fraction of sp³-hybridized carbons (Fsp3) is 0.190. The summed E-state index contributed by atoms with van der Waals surface area (Å²) in [5.74, 6) is -0.876. The Morgan fingerprint density at radius 2 is 1.90 bits per heavy atom. The number of para-hydroxylation sites is 2. The van der Waals surface area contributed by atoms with E-state index in [4.69, 9.17) is 22.1 Å². The number of aromatic nitrogens is 3. The quantitative estimate of drug-likeness (QED) is 0.488. The summed E-state index contributed by atoms with van der Waals surface area (Å²) >= 11 is 5.96. The normalized spacial score (nSPS) is 11.5. The van der Waals surface area contributed by atoms with Crippen LogP contribution in [0.1, 0.15) is 24.2 Å². The molecular formula is C21H18ClFN4O2. The van der Waals surface area contributed by atoms with E-state index < -0.39 is 11.8 Å². The summed E-state index contributed by atoms with van der Waals surface area (Å²) in [6.45, 7) is 4.12. The Balaban J connectivity index is 2.01. The molecule has 2 aromatic carbocycles. The second-order valence-corrected chi connectivity index (χ2v) is 7.48. The molecule has 0 amide bonds. The Kier molecular flexibility index (Phi) is 4.84. The summed E-state index contributed by atoms with van der Waals surface area (Å²) in [5.41, 5.74) is 8.87. The van der Waals surface area contributed by atoms with Gasteiger partial charge in [-0.15, -0.1) is 0 Å². The van der Waals surface area contributed by atoms with Crippen molar-refractivity contribution in [1.29, 1.82) is 0 Å². The number of benzene rings is 2. The number of hydrogen-bond donors (Lipinski definition) is 1. The van der Waals surface area contributed by atoms with Crippen molar-refractivity contribution < 1.29 is 13.9 Å². The van der Waals surface area contributed by atoms with Gasteiger partial charge in [0.25, 0.3) is 0 Å². The average molecular weight is 413 g/mol. The lowest BCUT2D eigenvalue weighted by atomic mass is 10.2. The van der Waals surface area contributed by atoms with Crippen LogP contribution in [0.25, 0.3) is 27.9 Å². The second-order valence-electron chi connectivity index (χ2n) is 7.07. The molecule has 0 aliphatic heterocycles. The first-order valence-electron chi connectivity index (χ1n) is 9.06. The van der Waals surface area contributed by atoms with Crippen molar-refractivity contribution in [1.82, 2.24) is 14.5 Å². The van der Waals surface area contributed by atoms with Gasteiger partial charge in [0, 0.05) is 0 Å². The molecule has 0 fully saturated rings. The minimum Gasteiger partial charge on any atom is -0.462 e. The summed E-state index contributed by atoms with van der Waals surface area (Å²) in [6.07, 6.45) is 0. The molecule has 2 aromatic heterocycles. The number of carbonyl (C=O) groups excluding carboxylic acids is 1. The molecule has 0 saturated heterocycles. The monoisotopic (exact) mass is 412 g/mol. The summed E-state index contributed by atoms with van der Waals surface area (Å²) in [7, 11) is 0. The number of nitrogen functional groups attached to an aromatic ring is 1. The number of esters is 1. The Morgan fingerprint density at radius 3 is 2.55 bits per heavy atom. The highest BCUT2D eigenvalue weighted by atomic mass is 35.5. The van der Waals surface area contributed by atoms with Gasteiger partial charge in [-0.3, -0.25) is 4.57 Å². The van der Waals surface area contributed by atoms with E-state index in [1.165, 1.54) is 22.8 Å². The third-order valence-corrected chi connectivity index (χ3v) is 4.70. The van der Waals surface area contributed by atoms with Crippen molar-refractivity contribution in [2.75, 3.05) is 12.3 Å². The minimum atomic E-state index is -0.585. The number of halogens is 2. The fourth-order valence-corrected chi connectivity index (χ4v) is 3.24. The zero-order chi connectivity index (χ0) is 20.7. The van der Waals surface area contributed by atoms with Crippen LogP contribution in [0.4, 0.5) is 10.2 Å². The number of ether oxygens (including phenoxy) is 1. The van der Waals surface area contributed by atoms with Crippen molar-refractivity contribution in [3.05, 3.63) is 58.9 Å². The van der Waals surface area contributed by atoms with Crippen molar-refractivity contribution in [2.45, 2.75) is 13.8 Å². The van der Waals surface area contributed by atoms with Gasteiger partial charge in [-0.05, 0) is 36.2 Å². The molecule has 0 radical (unpaired) electrons. The van der Waals surface area contributed by atoms with Crippen LogP contribution in [0, 0.1) is 11.7 Å². The number of hydrogen-bond acceptors (Lipinski definition) is 5. The van der Waals surface area contributed by atoms with E-state index >= 15 is 0 Å². The molecule has 4 aromatic rings. The maximum Gasteiger partial charge on any atom is 0.344 e. The van der Waals surface area contributed by atoms with Crippen LogP contribution < -0.4 is 5.73 Å². The van der Waals surface area contributed by atoms with Crippen LogP contribution in [-0.2, 0) is 4.74 Å². The summed E-state index contributed by atoms with van der Waals surface area (Å²) in [6, 6.07) is 11.4. The zero-order valence-electron chi connectivity index (χ0n) is 15.8. The van der Waals surface area contributed by atoms with Gasteiger partial charge in [0.05, 0.1) is 28.4 Å². The standard InChI is InChI=1S/C21H18ClFN4O2/c1-11(2)10-29-21(28)17-18-20(26-16-6-4-3-5-15(16)25-18)27(19(17)24)12-7-8-14(23)13(22)9-12/h3-9,11H,10,24H2,1-2H3. The van der Waals surface area contributed by atoms with E-state index in [0.29, 0.717) is 27.9 Å². The SMILES string of the molecule is CC(C)COC(=O)c1c(N)n(-c2ccc(F)c(Cl)c2)c2nc3ccccc3nc12. The molecule has 0 unspecified atom stereocenters. The van der Waals surface area contributed by atoms with Crippen LogP contribution in [0.15, 0.2) is 42.5 Å². The number of rotatable bonds is 4. The number of nitrogens with two attached hydrogens (primary N) is 1. The van der Waals surface area contributed by atoms with Gasteiger partial charge in [-0.2, -0.15) is 0 Å². The number of anilines is 1. The lowest BCUT2D eigenvalue weighted by Gasteiger charge is -2.09. The topological polar surface area (TPSA) is 83.0 Å². The summed E-state index contributed by atoms with van der Waals surface area (Å²) in [4.78, 5) is 22.1. The number of nitrogens with zero attached hydrogens (tertiary/aromatic N) is 3. The molecule has 8 heteroatoms. The highest BCUT2D eigenvalue weighted by molar-refractivity contribution is 6.31. The van der Waals surface area contributed by atoms with Gasteiger partial charge in [0.1, 0.15) is 22.7 Å². The lowest BCUT2D eigenvalue weighted by Crippen LogP contribution is -2.12. The first-order chi connectivity index (χ1) is 13.9. The van der Waals surface area contributed by atoms with Crippen LogP contribution >= 0.6 is 11.6 Å². The predicted molar refractivity (Wildman–Crippen MR) is 111 cm³/mol. The largest absolute Gasteiger partial charge is 0.462 e. The lowest BCUT2D eigenvalue weighted by molar-refractivity contribution is 0.0462. The van der Waals surface area contributed by atoms with E-state index in [-0.39, 0.29) is 28.9 Å². The van der Waals surface area contributed by atoms with E-state index in [1.54, 1.807) is 6.07 Å². The van der Waals surface area contributed by atoms with Gasteiger partial charge in [0.2, 0.25) is 0 Å². The summed E-state index contributed by atoms with van der Waals surface area (Å²) < 4.78 is 20.6. The Morgan fingerprint density at radius 1 is 1.21 bits per heavy atom. The Hall–Kier alpha value is -3.19. The highest BCUT2D eigenvalue weighted by Crippen LogP contribution is 2.32. The van der Waals surface area contributed by atoms with Gasteiger partial charge in [-0.1, -0.05) is 37.6 Å². The second kappa shape index (κ2) is 7.33. The molecule has 0 bridgehead atoms. The smallest absolute Gasteiger partial charge is 0.344 e. The molecule has 6 nitrogen and oxygen atoms in total. The molecule has 2 heterocycles. The van der Waals surface area contributed by atoms with E-state index in [9.17, 15) is 9.18 Å². The molecule has 0 aliphatic carbocycles. The van der Waals surface area contributed by atoms with Crippen LogP contribution in [0.3, 0.4) is 0 Å². The first kappa shape index (κ1) is 19.1. The molecule has 2 N–H and O–H groups in total. The van der Waals surface area contributed by atoms with Crippen LogP contribution in [0.5, 0.6) is 0 Å². The molecule has 4 rings (SSSR count). The molecule has 0 saturated carbocycles. The van der Waals surface area contributed by atoms with Gasteiger partial charge >= 0.3 is 5.97 Å². The maximum atomic E-state index is 13.7.